The van der Waals surface area contributed by atoms with Crippen LogP contribution in [0.5, 0.6) is 0 Å². The fraction of sp³-hybridized carbons (Fsp3) is 0.583. The fourth-order valence-corrected chi connectivity index (χ4v) is 1.76. The summed E-state index contributed by atoms with van der Waals surface area (Å²) in [5.41, 5.74) is 3.51. The Bertz CT molecular complexity index is 434. The first-order chi connectivity index (χ1) is 9.01. The van der Waals surface area contributed by atoms with Crippen LogP contribution in [-0.2, 0) is 11.2 Å². The molecule has 0 aliphatic carbocycles. The molecule has 1 rings (SSSR count). The minimum absolute atomic E-state index is 0.0193. The SMILES string of the molecule is CCCc1c(NN)ncnc1N(C)CC(=O)N(C)C. The number of hydrogen-bond acceptors (Lipinski definition) is 6. The number of hydrazine groups is 1. The highest BCUT2D eigenvalue weighted by Gasteiger charge is 2.16. The van der Waals surface area contributed by atoms with Gasteiger partial charge in [0.1, 0.15) is 18.0 Å². The van der Waals surface area contributed by atoms with E-state index in [9.17, 15) is 4.79 Å². The molecule has 1 amide bonds. The lowest BCUT2D eigenvalue weighted by atomic mass is 10.1. The molecule has 0 radical (unpaired) electrons. The third kappa shape index (κ3) is 3.78. The quantitative estimate of drug-likeness (QED) is 0.566. The topological polar surface area (TPSA) is 87.4 Å². The van der Waals surface area contributed by atoms with Crippen molar-refractivity contribution in [1.29, 1.82) is 0 Å². The van der Waals surface area contributed by atoms with Crippen LogP contribution in [0.4, 0.5) is 11.6 Å². The number of carbonyl (C=O) groups excluding carboxylic acids is 1. The van der Waals surface area contributed by atoms with E-state index >= 15 is 0 Å². The van der Waals surface area contributed by atoms with Crippen LogP contribution in [0, 0.1) is 0 Å². The number of hydrogen-bond donors (Lipinski definition) is 2. The van der Waals surface area contributed by atoms with E-state index in [0.29, 0.717) is 5.82 Å². The number of aromatic nitrogens is 2. The Hall–Kier alpha value is -1.89. The molecule has 19 heavy (non-hydrogen) atoms. The van der Waals surface area contributed by atoms with E-state index in [0.717, 1.165) is 24.2 Å². The molecule has 3 N–H and O–H groups in total. The van der Waals surface area contributed by atoms with E-state index in [1.807, 2.05) is 11.9 Å². The predicted octanol–water partition coefficient (Wildman–Crippen LogP) is 0.239. The highest BCUT2D eigenvalue weighted by molar-refractivity contribution is 5.81. The summed E-state index contributed by atoms with van der Waals surface area (Å²) in [5.74, 6) is 6.83. The molecule has 0 aliphatic rings. The van der Waals surface area contributed by atoms with Crippen molar-refractivity contribution in [2.24, 2.45) is 5.84 Å². The molecule has 7 heteroatoms. The second-order valence-electron chi connectivity index (χ2n) is 4.56. The average molecular weight is 266 g/mol. The molecule has 0 bridgehead atoms. The summed E-state index contributed by atoms with van der Waals surface area (Å²) in [6.45, 7) is 2.34. The molecular weight excluding hydrogens is 244 g/mol. The van der Waals surface area contributed by atoms with E-state index in [4.69, 9.17) is 5.84 Å². The number of likely N-dealkylation sites (N-methyl/N-ethyl adjacent to an activating group) is 2. The average Bonchev–Trinajstić information content (AvgIpc) is 2.38. The van der Waals surface area contributed by atoms with Gasteiger partial charge in [-0.1, -0.05) is 13.3 Å². The van der Waals surface area contributed by atoms with Gasteiger partial charge in [0.15, 0.2) is 0 Å². The van der Waals surface area contributed by atoms with E-state index in [1.165, 1.54) is 6.33 Å². The molecule has 1 aromatic rings. The van der Waals surface area contributed by atoms with Gasteiger partial charge in [0.05, 0.1) is 6.54 Å². The molecule has 0 unspecified atom stereocenters. The van der Waals surface area contributed by atoms with Gasteiger partial charge in [-0.05, 0) is 6.42 Å². The molecule has 0 saturated carbocycles. The first kappa shape index (κ1) is 15.2. The maximum absolute atomic E-state index is 11.8. The summed E-state index contributed by atoms with van der Waals surface area (Å²) < 4.78 is 0. The summed E-state index contributed by atoms with van der Waals surface area (Å²) in [7, 11) is 5.30. The number of carbonyl (C=O) groups is 1. The van der Waals surface area contributed by atoms with Gasteiger partial charge in [-0.3, -0.25) is 4.79 Å². The number of amides is 1. The van der Waals surface area contributed by atoms with Crippen molar-refractivity contribution in [2.45, 2.75) is 19.8 Å². The van der Waals surface area contributed by atoms with E-state index in [-0.39, 0.29) is 12.5 Å². The maximum atomic E-state index is 11.8. The van der Waals surface area contributed by atoms with Crippen molar-refractivity contribution >= 4 is 17.5 Å². The molecule has 106 valence electrons. The number of anilines is 2. The zero-order chi connectivity index (χ0) is 14.4. The smallest absolute Gasteiger partial charge is 0.241 e. The van der Waals surface area contributed by atoms with Gasteiger partial charge in [0.2, 0.25) is 5.91 Å². The first-order valence-corrected chi connectivity index (χ1v) is 6.23. The van der Waals surface area contributed by atoms with Crippen molar-refractivity contribution in [2.75, 3.05) is 38.0 Å². The van der Waals surface area contributed by atoms with E-state index in [2.05, 4.69) is 22.3 Å². The minimum atomic E-state index is 0.0193. The summed E-state index contributed by atoms with van der Waals surface area (Å²) in [4.78, 5) is 23.5. The zero-order valence-corrected chi connectivity index (χ0v) is 12.0. The van der Waals surface area contributed by atoms with Gasteiger partial charge in [-0.15, -0.1) is 0 Å². The minimum Gasteiger partial charge on any atom is -0.350 e. The molecule has 0 atom stereocenters. The molecule has 7 nitrogen and oxygen atoms in total. The largest absolute Gasteiger partial charge is 0.350 e. The van der Waals surface area contributed by atoms with Gasteiger partial charge in [-0.25, -0.2) is 15.8 Å². The standard InChI is InChI=1S/C12H22N6O/c1-5-6-9-11(16-13)14-8-15-12(9)18(4)7-10(19)17(2)3/h8H,5-7,13H2,1-4H3,(H,14,15,16). The lowest BCUT2D eigenvalue weighted by Crippen LogP contribution is -2.35. The monoisotopic (exact) mass is 266 g/mol. The van der Waals surface area contributed by atoms with Crippen LogP contribution in [0.3, 0.4) is 0 Å². The Morgan fingerprint density at radius 3 is 2.58 bits per heavy atom. The van der Waals surface area contributed by atoms with Crippen molar-refractivity contribution < 1.29 is 4.79 Å². The maximum Gasteiger partial charge on any atom is 0.241 e. The third-order valence-electron chi connectivity index (χ3n) is 2.79. The molecule has 0 aromatic carbocycles. The molecule has 1 heterocycles. The molecule has 0 saturated heterocycles. The van der Waals surface area contributed by atoms with Gasteiger partial charge >= 0.3 is 0 Å². The van der Waals surface area contributed by atoms with Crippen molar-refractivity contribution in [1.82, 2.24) is 14.9 Å². The van der Waals surface area contributed by atoms with Crippen molar-refractivity contribution in [3.8, 4) is 0 Å². The highest BCUT2D eigenvalue weighted by Crippen LogP contribution is 2.23. The second kappa shape index (κ2) is 6.89. The molecule has 0 spiro atoms. The van der Waals surface area contributed by atoms with Crippen LogP contribution in [0.25, 0.3) is 0 Å². The Kier molecular flexibility index (Phi) is 5.50. The number of nitrogen functional groups attached to an aromatic ring is 1. The Morgan fingerprint density at radius 2 is 2.05 bits per heavy atom. The van der Waals surface area contributed by atoms with E-state index < -0.39 is 0 Å². The number of nitrogens with zero attached hydrogens (tertiary/aromatic N) is 4. The summed E-state index contributed by atoms with van der Waals surface area (Å²) in [5, 5.41) is 0. The molecular formula is C12H22N6O. The van der Waals surface area contributed by atoms with Crippen LogP contribution in [0.1, 0.15) is 18.9 Å². The third-order valence-corrected chi connectivity index (χ3v) is 2.79. The molecule has 1 aromatic heterocycles. The number of nitrogens with two attached hydrogens (primary N) is 1. The number of nitrogens with one attached hydrogen (secondary N) is 1. The predicted molar refractivity (Wildman–Crippen MR) is 75.8 cm³/mol. The molecule has 0 fully saturated rings. The summed E-state index contributed by atoms with van der Waals surface area (Å²) in [6.07, 6.45) is 3.20. The zero-order valence-electron chi connectivity index (χ0n) is 12.0. The van der Waals surface area contributed by atoms with Gasteiger partial charge in [-0.2, -0.15) is 0 Å². The lowest BCUT2D eigenvalue weighted by Gasteiger charge is -2.23. The molecule has 0 aliphatic heterocycles. The normalized spacial score (nSPS) is 10.2. The first-order valence-electron chi connectivity index (χ1n) is 6.23. The Labute approximate surface area is 113 Å². The Balaban J connectivity index is 3.01. The van der Waals surface area contributed by atoms with Crippen molar-refractivity contribution in [3.63, 3.8) is 0 Å². The van der Waals surface area contributed by atoms with Crippen LogP contribution in [0.2, 0.25) is 0 Å². The van der Waals surface area contributed by atoms with Gasteiger partial charge in [0, 0.05) is 26.7 Å². The van der Waals surface area contributed by atoms with Crippen LogP contribution >= 0.6 is 0 Å². The van der Waals surface area contributed by atoms with Crippen LogP contribution < -0.4 is 16.2 Å². The van der Waals surface area contributed by atoms with Crippen LogP contribution in [0.15, 0.2) is 6.33 Å². The summed E-state index contributed by atoms with van der Waals surface area (Å²) in [6, 6.07) is 0. The van der Waals surface area contributed by atoms with E-state index in [1.54, 1.807) is 19.0 Å². The highest BCUT2D eigenvalue weighted by atomic mass is 16.2. The second-order valence-corrected chi connectivity index (χ2v) is 4.56. The van der Waals surface area contributed by atoms with Crippen LogP contribution in [-0.4, -0.2) is 48.5 Å². The lowest BCUT2D eigenvalue weighted by molar-refractivity contribution is -0.127. The van der Waals surface area contributed by atoms with Gasteiger partial charge in [0.25, 0.3) is 0 Å². The summed E-state index contributed by atoms with van der Waals surface area (Å²) >= 11 is 0. The fourth-order valence-electron chi connectivity index (χ4n) is 1.76. The van der Waals surface area contributed by atoms with Crippen molar-refractivity contribution in [3.05, 3.63) is 11.9 Å². The van der Waals surface area contributed by atoms with Gasteiger partial charge < -0.3 is 15.2 Å². The Morgan fingerprint density at radius 1 is 1.37 bits per heavy atom. The number of rotatable bonds is 6.